The highest BCUT2D eigenvalue weighted by Gasteiger charge is 2.27. The maximum atomic E-state index is 12.7. The van der Waals surface area contributed by atoms with Crippen LogP contribution in [0.15, 0.2) is 24.4 Å². The SMILES string of the molecule is Cc1n[nH]c(C)c1CC(=O)N(C)[C@H]1CCCN(c2ccccn2)C1. The van der Waals surface area contributed by atoms with E-state index < -0.39 is 0 Å². The molecule has 2 aromatic rings. The number of rotatable bonds is 4. The Morgan fingerprint density at radius 3 is 2.92 bits per heavy atom. The Morgan fingerprint density at radius 2 is 2.25 bits per heavy atom. The number of likely N-dealkylation sites (N-methyl/N-ethyl adjacent to an activating group) is 1. The predicted molar refractivity (Wildman–Crippen MR) is 94.0 cm³/mol. The monoisotopic (exact) mass is 327 g/mol. The molecule has 1 amide bonds. The van der Waals surface area contributed by atoms with Gasteiger partial charge in [0.15, 0.2) is 0 Å². The summed E-state index contributed by atoms with van der Waals surface area (Å²) in [7, 11) is 1.92. The topological polar surface area (TPSA) is 65.1 Å². The van der Waals surface area contributed by atoms with Crippen molar-refractivity contribution in [2.45, 2.75) is 39.2 Å². The van der Waals surface area contributed by atoms with Gasteiger partial charge >= 0.3 is 0 Å². The van der Waals surface area contributed by atoms with E-state index in [9.17, 15) is 4.79 Å². The van der Waals surface area contributed by atoms with Crippen LogP contribution < -0.4 is 4.90 Å². The molecule has 1 aliphatic rings. The van der Waals surface area contributed by atoms with Gasteiger partial charge in [-0.3, -0.25) is 9.89 Å². The third kappa shape index (κ3) is 3.42. The molecule has 1 saturated heterocycles. The van der Waals surface area contributed by atoms with E-state index in [1.165, 1.54) is 0 Å². The average Bonchev–Trinajstić information content (AvgIpc) is 2.94. The summed E-state index contributed by atoms with van der Waals surface area (Å²) in [6.07, 6.45) is 4.33. The lowest BCUT2D eigenvalue weighted by atomic mass is 10.0. The minimum atomic E-state index is 0.149. The lowest BCUT2D eigenvalue weighted by molar-refractivity contribution is -0.131. The molecule has 24 heavy (non-hydrogen) atoms. The lowest BCUT2D eigenvalue weighted by Gasteiger charge is -2.38. The molecule has 1 atom stereocenters. The summed E-state index contributed by atoms with van der Waals surface area (Å²) in [6, 6.07) is 6.19. The third-order valence-corrected chi connectivity index (χ3v) is 4.92. The van der Waals surface area contributed by atoms with Gasteiger partial charge in [-0.2, -0.15) is 5.10 Å². The van der Waals surface area contributed by atoms with Crippen molar-refractivity contribution in [1.29, 1.82) is 0 Å². The van der Waals surface area contributed by atoms with Gasteiger partial charge in [-0.25, -0.2) is 4.98 Å². The number of aromatic nitrogens is 3. The highest BCUT2D eigenvalue weighted by Crippen LogP contribution is 2.21. The summed E-state index contributed by atoms with van der Waals surface area (Å²) in [5, 5.41) is 7.13. The van der Waals surface area contributed by atoms with Crippen LogP contribution in [-0.4, -0.2) is 52.2 Å². The molecule has 0 spiro atoms. The van der Waals surface area contributed by atoms with Crippen molar-refractivity contribution in [2.75, 3.05) is 25.0 Å². The van der Waals surface area contributed by atoms with Gasteiger partial charge in [0.25, 0.3) is 0 Å². The molecule has 0 saturated carbocycles. The first kappa shape index (κ1) is 16.5. The van der Waals surface area contributed by atoms with Crippen LogP contribution in [0.1, 0.15) is 29.8 Å². The number of aromatic amines is 1. The number of nitrogens with zero attached hydrogens (tertiary/aromatic N) is 4. The number of pyridine rings is 1. The molecule has 0 unspecified atom stereocenters. The van der Waals surface area contributed by atoms with Crippen LogP contribution in [0.25, 0.3) is 0 Å². The second-order valence-corrected chi connectivity index (χ2v) is 6.52. The molecule has 6 heteroatoms. The van der Waals surface area contributed by atoms with Crippen molar-refractivity contribution in [3.63, 3.8) is 0 Å². The van der Waals surface area contributed by atoms with E-state index in [0.29, 0.717) is 6.42 Å². The number of amides is 1. The van der Waals surface area contributed by atoms with Crippen LogP contribution in [0.4, 0.5) is 5.82 Å². The zero-order chi connectivity index (χ0) is 17.1. The minimum absolute atomic E-state index is 0.149. The maximum Gasteiger partial charge on any atom is 0.227 e. The molecular formula is C18H25N5O. The fraction of sp³-hybridized carbons (Fsp3) is 0.500. The molecule has 3 rings (SSSR count). The lowest BCUT2D eigenvalue weighted by Crippen LogP contribution is -2.49. The standard InChI is InChI=1S/C18H25N5O/c1-13-16(14(2)21-20-13)11-18(24)22(3)15-7-6-10-23(12-15)17-8-4-5-9-19-17/h4-5,8-9,15H,6-7,10-12H2,1-3H3,(H,20,21)/t15-/m0/s1. The second kappa shape index (κ2) is 7.03. The number of aryl methyl sites for hydroxylation is 2. The highest BCUT2D eigenvalue weighted by molar-refractivity contribution is 5.79. The molecule has 2 aromatic heterocycles. The zero-order valence-corrected chi connectivity index (χ0v) is 14.6. The van der Waals surface area contributed by atoms with Crippen LogP contribution in [0.3, 0.4) is 0 Å². The fourth-order valence-corrected chi connectivity index (χ4v) is 3.33. The summed E-state index contributed by atoms with van der Waals surface area (Å²) in [5.41, 5.74) is 2.91. The van der Waals surface area contributed by atoms with E-state index in [1.54, 1.807) is 0 Å². The van der Waals surface area contributed by atoms with E-state index >= 15 is 0 Å². The third-order valence-electron chi connectivity index (χ3n) is 4.92. The molecule has 0 aromatic carbocycles. The van der Waals surface area contributed by atoms with Crippen LogP contribution in [0.2, 0.25) is 0 Å². The zero-order valence-electron chi connectivity index (χ0n) is 14.6. The smallest absolute Gasteiger partial charge is 0.227 e. The Hall–Kier alpha value is -2.37. The van der Waals surface area contributed by atoms with Gasteiger partial charge in [-0.05, 0) is 38.8 Å². The van der Waals surface area contributed by atoms with Crippen molar-refractivity contribution < 1.29 is 4.79 Å². The number of carbonyl (C=O) groups is 1. The molecular weight excluding hydrogens is 302 g/mol. The highest BCUT2D eigenvalue weighted by atomic mass is 16.2. The molecule has 1 N–H and O–H groups in total. The van der Waals surface area contributed by atoms with Gasteiger partial charge in [0, 0.05) is 43.6 Å². The number of hydrogen-bond donors (Lipinski definition) is 1. The predicted octanol–water partition coefficient (Wildman–Crippen LogP) is 2.09. The summed E-state index contributed by atoms with van der Waals surface area (Å²) >= 11 is 0. The molecule has 1 aliphatic heterocycles. The Kier molecular flexibility index (Phi) is 4.83. The summed E-state index contributed by atoms with van der Waals surface area (Å²) in [6.45, 7) is 5.74. The van der Waals surface area contributed by atoms with E-state index in [4.69, 9.17) is 0 Å². The largest absolute Gasteiger partial charge is 0.355 e. The molecule has 3 heterocycles. The first-order chi connectivity index (χ1) is 11.6. The Morgan fingerprint density at radius 1 is 1.42 bits per heavy atom. The fourth-order valence-electron chi connectivity index (χ4n) is 3.33. The molecule has 1 fully saturated rings. The summed E-state index contributed by atoms with van der Waals surface area (Å²) in [5.74, 6) is 1.14. The molecule has 6 nitrogen and oxygen atoms in total. The maximum absolute atomic E-state index is 12.7. The molecule has 128 valence electrons. The molecule has 0 aliphatic carbocycles. The number of piperidine rings is 1. The number of hydrogen-bond acceptors (Lipinski definition) is 4. The average molecular weight is 327 g/mol. The van der Waals surface area contributed by atoms with Crippen LogP contribution >= 0.6 is 0 Å². The van der Waals surface area contributed by atoms with Crippen LogP contribution in [0, 0.1) is 13.8 Å². The number of H-pyrrole nitrogens is 1. The molecule has 0 radical (unpaired) electrons. The Balaban J connectivity index is 1.66. The number of anilines is 1. The van der Waals surface area contributed by atoms with Gasteiger partial charge in [-0.15, -0.1) is 0 Å². The Labute approximate surface area is 142 Å². The molecule has 0 bridgehead atoms. The van der Waals surface area contributed by atoms with Gasteiger partial charge in [0.05, 0.1) is 12.1 Å². The normalized spacial score (nSPS) is 17.8. The van der Waals surface area contributed by atoms with E-state index in [0.717, 1.165) is 48.7 Å². The first-order valence-electron chi connectivity index (χ1n) is 8.48. The number of nitrogens with one attached hydrogen (secondary N) is 1. The van der Waals surface area contributed by atoms with Crippen LogP contribution in [0.5, 0.6) is 0 Å². The van der Waals surface area contributed by atoms with Crippen molar-refractivity contribution in [1.82, 2.24) is 20.1 Å². The van der Waals surface area contributed by atoms with Crippen molar-refractivity contribution in [2.24, 2.45) is 0 Å². The minimum Gasteiger partial charge on any atom is -0.355 e. The summed E-state index contributed by atoms with van der Waals surface area (Å²) in [4.78, 5) is 21.3. The van der Waals surface area contributed by atoms with Gasteiger partial charge < -0.3 is 9.80 Å². The van der Waals surface area contributed by atoms with E-state index in [2.05, 4.69) is 20.1 Å². The van der Waals surface area contributed by atoms with Crippen LogP contribution in [-0.2, 0) is 11.2 Å². The quantitative estimate of drug-likeness (QED) is 0.934. The van der Waals surface area contributed by atoms with E-state index in [1.807, 2.05) is 50.2 Å². The van der Waals surface area contributed by atoms with Gasteiger partial charge in [0.2, 0.25) is 5.91 Å². The number of carbonyl (C=O) groups excluding carboxylic acids is 1. The first-order valence-corrected chi connectivity index (χ1v) is 8.48. The summed E-state index contributed by atoms with van der Waals surface area (Å²) < 4.78 is 0. The van der Waals surface area contributed by atoms with Crippen molar-refractivity contribution >= 4 is 11.7 Å². The van der Waals surface area contributed by atoms with Gasteiger partial charge in [0.1, 0.15) is 5.82 Å². The van der Waals surface area contributed by atoms with Gasteiger partial charge in [-0.1, -0.05) is 6.07 Å². The van der Waals surface area contributed by atoms with Crippen molar-refractivity contribution in [3.8, 4) is 0 Å². The second-order valence-electron chi connectivity index (χ2n) is 6.52. The van der Waals surface area contributed by atoms with Crippen molar-refractivity contribution in [3.05, 3.63) is 41.3 Å². The Bertz CT molecular complexity index is 677. The van der Waals surface area contributed by atoms with E-state index in [-0.39, 0.29) is 11.9 Å².